The van der Waals surface area contributed by atoms with Gasteiger partial charge >= 0.3 is 0 Å². The fraction of sp³-hybridized carbons (Fsp3) is 0.765. The lowest BCUT2D eigenvalue weighted by atomic mass is 10.2. The van der Waals surface area contributed by atoms with E-state index in [0.717, 1.165) is 43.5 Å². The lowest BCUT2D eigenvalue weighted by molar-refractivity contribution is 0.667. The largest absolute Gasteiger partial charge is 0.370 e. The Morgan fingerprint density at radius 1 is 0.905 bits per heavy atom. The second-order valence-electron chi connectivity index (χ2n) is 5.69. The monoisotopic (exact) mass is 292 g/mol. The third kappa shape index (κ3) is 5.52. The average molecular weight is 292 g/mol. The van der Waals surface area contributed by atoms with Crippen LogP contribution in [0, 0.1) is 13.8 Å². The second-order valence-corrected chi connectivity index (χ2v) is 5.69. The number of aryl methyl sites for hydroxylation is 1. The van der Waals surface area contributed by atoms with Crippen LogP contribution in [0.2, 0.25) is 0 Å². The highest BCUT2D eigenvalue weighted by Gasteiger charge is 2.15. The van der Waals surface area contributed by atoms with Gasteiger partial charge in [-0.3, -0.25) is 0 Å². The summed E-state index contributed by atoms with van der Waals surface area (Å²) in [5, 5.41) is 3.43. The van der Waals surface area contributed by atoms with E-state index >= 15 is 0 Å². The van der Waals surface area contributed by atoms with E-state index in [1.807, 2.05) is 6.92 Å². The zero-order valence-corrected chi connectivity index (χ0v) is 14.5. The van der Waals surface area contributed by atoms with Crippen LogP contribution in [0.15, 0.2) is 0 Å². The Hall–Kier alpha value is -1.32. The Morgan fingerprint density at radius 2 is 1.52 bits per heavy atom. The lowest BCUT2D eigenvalue weighted by Crippen LogP contribution is -2.28. The fourth-order valence-corrected chi connectivity index (χ4v) is 2.36. The van der Waals surface area contributed by atoms with Gasteiger partial charge in [-0.05, 0) is 33.1 Å². The summed E-state index contributed by atoms with van der Waals surface area (Å²) in [5.41, 5.74) is 1.18. The predicted molar refractivity (Wildman–Crippen MR) is 92.3 cm³/mol. The maximum absolute atomic E-state index is 4.72. The van der Waals surface area contributed by atoms with E-state index in [1.165, 1.54) is 31.2 Å². The topological polar surface area (TPSA) is 41.1 Å². The zero-order valence-electron chi connectivity index (χ0n) is 14.5. The fourth-order valence-electron chi connectivity index (χ4n) is 2.36. The molecule has 0 aromatic carbocycles. The van der Waals surface area contributed by atoms with E-state index in [-0.39, 0.29) is 0 Å². The molecule has 1 heterocycles. The van der Waals surface area contributed by atoms with Crippen LogP contribution in [0.5, 0.6) is 0 Å². The van der Waals surface area contributed by atoms with Gasteiger partial charge in [0.15, 0.2) is 0 Å². The van der Waals surface area contributed by atoms with Gasteiger partial charge < -0.3 is 10.2 Å². The molecule has 1 rings (SSSR count). The van der Waals surface area contributed by atoms with E-state index < -0.39 is 0 Å². The van der Waals surface area contributed by atoms with Crippen molar-refractivity contribution in [3.63, 3.8) is 0 Å². The molecule has 0 amide bonds. The van der Waals surface area contributed by atoms with Gasteiger partial charge in [-0.1, -0.05) is 33.6 Å². The average Bonchev–Trinajstić information content (AvgIpc) is 2.48. The molecule has 0 atom stereocenters. The van der Waals surface area contributed by atoms with E-state index in [1.54, 1.807) is 0 Å². The van der Waals surface area contributed by atoms with Crippen LogP contribution < -0.4 is 10.2 Å². The Labute approximate surface area is 130 Å². The maximum Gasteiger partial charge on any atom is 0.137 e. The van der Waals surface area contributed by atoms with Crippen LogP contribution in [-0.4, -0.2) is 29.6 Å². The highest BCUT2D eigenvalue weighted by Crippen LogP contribution is 2.24. The quantitative estimate of drug-likeness (QED) is 0.697. The number of rotatable bonds is 10. The second kappa shape index (κ2) is 9.59. The molecule has 0 aliphatic heterocycles. The summed E-state index contributed by atoms with van der Waals surface area (Å²) in [4.78, 5) is 11.7. The minimum Gasteiger partial charge on any atom is -0.370 e. The number of hydrogen-bond donors (Lipinski definition) is 1. The summed E-state index contributed by atoms with van der Waals surface area (Å²) in [6.45, 7) is 13.9. The number of anilines is 2. The summed E-state index contributed by atoms with van der Waals surface area (Å²) in [6.07, 6.45) is 5.96. The molecule has 0 aliphatic carbocycles. The van der Waals surface area contributed by atoms with Crippen molar-refractivity contribution in [2.24, 2.45) is 0 Å². The molecule has 1 aromatic rings. The molecule has 1 aromatic heterocycles. The standard InChI is InChI=1S/C17H32N4/c1-6-9-12-21(13-10-7-2)17-14(4)16(18-11-8-3)19-15(5)20-17/h6-13H2,1-5H3,(H,18,19,20). The molecule has 0 unspecified atom stereocenters. The first-order valence-electron chi connectivity index (χ1n) is 8.48. The molecule has 4 nitrogen and oxygen atoms in total. The van der Waals surface area contributed by atoms with Gasteiger partial charge in [0.25, 0.3) is 0 Å². The smallest absolute Gasteiger partial charge is 0.137 e. The molecule has 0 saturated heterocycles. The van der Waals surface area contributed by atoms with Crippen LogP contribution in [-0.2, 0) is 0 Å². The number of hydrogen-bond acceptors (Lipinski definition) is 4. The van der Waals surface area contributed by atoms with Crippen molar-refractivity contribution in [1.82, 2.24) is 9.97 Å². The van der Waals surface area contributed by atoms with Gasteiger partial charge in [0.2, 0.25) is 0 Å². The highest BCUT2D eigenvalue weighted by molar-refractivity contribution is 5.58. The van der Waals surface area contributed by atoms with Gasteiger partial charge in [0.1, 0.15) is 17.5 Å². The van der Waals surface area contributed by atoms with Crippen molar-refractivity contribution in [2.75, 3.05) is 29.9 Å². The first kappa shape index (κ1) is 17.7. The minimum atomic E-state index is 0.854. The first-order chi connectivity index (χ1) is 10.1. The summed E-state index contributed by atoms with van der Waals surface area (Å²) in [7, 11) is 0. The van der Waals surface area contributed by atoms with Gasteiger partial charge in [0, 0.05) is 25.2 Å². The van der Waals surface area contributed by atoms with Gasteiger partial charge in [-0.25, -0.2) is 9.97 Å². The molecule has 0 fully saturated rings. The molecule has 0 spiro atoms. The number of nitrogens with zero attached hydrogens (tertiary/aromatic N) is 3. The molecule has 0 radical (unpaired) electrons. The van der Waals surface area contributed by atoms with Crippen molar-refractivity contribution in [3.05, 3.63) is 11.4 Å². The summed E-state index contributed by atoms with van der Waals surface area (Å²) in [5.74, 6) is 2.97. The Morgan fingerprint density at radius 3 is 2.05 bits per heavy atom. The van der Waals surface area contributed by atoms with E-state index in [9.17, 15) is 0 Å². The molecule has 0 saturated carbocycles. The van der Waals surface area contributed by atoms with Crippen LogP contribution in [0.3, 0.4) is 0 Å². The number of nitrogens with one attached hydrogen (secondary N) is 1. The third-order valence-electron chi connectivity index (χ3n) is 3.64. The van der Waals surface area contributed by atoms with Gasteiger partial charge in [-0.15, -0.1) is 0 Å². The third-order valence-corrected chi connectivity index (χ3v) is 3.64. The van der Waals surface area contributed by atoms with Gasteiger partial charge in [-0.2, -0.15) is 0 Å². The predicted octanol–water partition coefficient (Wildman–Crippen LogP) is 4.32. The molecular weight excluding hydrogens is 260 g/mol. The number of unbranched alkanes of at least 4 members (excludes halogenated alkanes) is 2. The van der Waals surface area contributed by atoms with Crippen molar-refractivity contribution in [3.8, 4) is 0 Å². The molecule has 4 heteroatoms. The zero-order chi connectivity index (χ0) is 15.7. The van der Waals surface area contributed by atoms with Crippen molar-refractivity contribution in [1.29, 1.82) is 0 Å². The molecule has 0 bridgehead atoms. The normalized spacial score (nSPS) is 10.7. The van der Waals surface area contributed by atoms with Crippen molar-refractivity contribution < 1.29 is 0 Å². The van der Waals surface area contributed by atoms with Crippen molar-refractivity contribution >= 4 is 11.6 Å². The number of aromatic nitrogens is 2. The van der Waals surface area contributed by atoms with Crippen LogP contribution in [0.4, 0.5) is 11.6 Å². The molecule has 21 heavy (non-hydrogen) atoms. The van der Waals surface area contributed by atoms with Gasteiger partial charge in [0.05, 0.1) is 0 Å². The summed E-state index contributed by atoms with van der Waals surface area (Å²) < 4.78 is 0. The Balaban J connectivity index is 3.01. The first-order valence-corrected chi connectivity index (χ1v) is 8.48. The Bertz CT molecular complexity index is 409. The molecule has 0 aliphatic rings. The van der Waals surface area contributed by atoms with Crippen molar-refractivity contribution in [2.45, 2.75) is 66.7 Å². The van der Waals surface area contributed by atoms with Crippen LogP contribution >= 0.6 is 0 Å². The molecular formula is C17H32N4. The molecule has 1 N–H and O–H groups in total. The SMILES string of the molecule is CCCCN(CCCC)c1nc(C)nc(NCCC)c1C. The maximum atomic E-state index is 4.72. The Kier molecular flexibility index (Phi) is 8.09. The van der Waals surface area contributed by atoms with E-state index in [0.29, 0.717) is 0 Å². The summed E-state index contributed by atoms with van der Waals surface area (Å²) >= 11 is 0. The minimum absolute atomic E-state index is 0.854. The lowest BCUT2D eigenvalue weighted by Gasteiger charge is -2.26. The molecule has 120 valence electrons. The summed E-state index contributed by atoms with van der Waals surface area (Å²) in [6, 6.07) is 0. The van der Waals surface area contributed by atoms with Crippen LogP contribution in [0.25, 0.3) is 0 Å². The van der Waals surface area contributed by atoms with Crippen LogP contribution in [0.1, 0.15) is 64.3 Å². The van der Waals surface area contributed by atoms with E-state index in [2.05, 4.69) is 42.9 Å². The highest BCUT2D eigenvalue weighted by atomic mass is 15.2. The van der Waals surface area contributed by atoms with E-state index in [4.69, 9.17) is 4.98 Å².